The molecule has 136 valence electrons. The summed E-state index contributed by atoms with van der Waals surface area (Å²) in [7, 11) is 0. The van der Waals surface area contributed by atoms with Gasteiger partial charge < -0.3 is 4.74 Å². The first kappa shape index (κ1) is 18.2. The van der Waals surface area contributed by atoms with Crippen LogP contribution in [0.15, 0.2) is 65.3 Å². The summed E-state index contributed by atoms with van der Waals surface area (Å²) in [4.78, 5) is 12.6. The summed E-state index contributed by atoms with van der Waals surface area (Å²) >= 11 is 0. The Labute approximate surface area is 152 Å². The van der Waals surface area contributed by atoms with E-state index in [1.54, 1.807) is 36.4 Å². The molecule has 0 aliphatic carbocycles. The third-order valence-electron chi connectivity index (χ3n) is 3.62. The van der Waals surface area contributed by atoms with Gasteiger partial charge in [0, 0.05) is 0 Å². The van der Waals surface area contributed by atoms with Crippen LogP contribution >= 0.6 is 0 Å². The summed E-state index contributed by atoms with van der Waals surface area (Å²) in [5.41, 5.74) is -1.28. The van der Waals surface area contributed by atoms with E-state index >= 15 is 0 Å². The standard InChI is InChI=1S/C19H12F3N3O2/c20-19(21,22)17-16(12-13-5-4-8-15(11-13)27-10-9-23)18(26)25(24-17)14-6-2-1-3-7-14/h1-8,11-12H,10H2/b16-12-. The average molecular weight is 371 g/mol. The van der Waals surface area contributed by atoms with E-state index in [2.05, 4.69) is 5.10 Å². The SMILES string of the molecule is N#CCOc1cccc(/C=C2\C(=O)N(c3ccccc3)N=C2C(F)(F)F)c1. The van der Waals surface area contributed by atoms with Gasteiger partial charge in [-0.25, -0.2) is 0 Å². The second-order valence-corrected chi connectivity index (χ2v) is 5.48. The summed E-state index contributed by atoms with van der Waals surface area (Å²) in [5.74, 6) is -0.571. The van der Waals surface area contributed by atoms with Crippen LogP contribution in [-0.4, -0.2) is 24.4 Å². The fourth-order valence-corrected chi connectivity index (χ4v) is 2.47. The summed E-state index contributed by atoms with van der Waals surface area (Å²) in [6.45, 7) is -0.198. The fourth-order valence-electron chi connectivity index (χ4n) is 2.47. The first-order valence-corrected chi connectivity index (χ1v) is 7.77. The largest absolute Gasteiger partial charge is 0.479 e. The Bertz CT molecular complexity index is 960. The zero-order valence-corrected chi connectivity index (χ0v) is 13.8. The molecule has 5 nitrogen and oxygen atoms in total. The number of carbonyl (C=O) groups is 1. The maximum absolute atomic E-state index is 13.4. The van der Waals surface area contributed by atoms with Crippen molar-refractivity contribution in [3.8, 4) is 11.8 Å². The van der Waals surface area contributed by atoms with Gasteiger partial charge in [-0.05, 0) is 35.9 Å². The van der Waals surface area contributed by atoms with E-state index in [0.29, 0.717) is 11.3 Å². The molecule has 0 atom stereocenters. The third kappa shape index (κ3) is 3.98. The molecule has 0 saturated carbocycles. The Hall–Kier alpha value is -3.60. The van der Waals surface area contributed by atoms with Crippen molar-refractivity contribution in [3.63, 3.8) is 0 Å². The normalized spacial score (nSPS) is 15.6. The van der Waals surface area contributed by atoms with E-state index in [1.807, 2.05) is 0 Å². The molecule has 2 aromatic rings. The zero-order chi connectivity index (χ0) is 19.4. The predicted octanol–water partition coefficient (Wildman–Crippen LogP) is 3.94. The molecule has 0 N–H and O–H groups in total. The minimum atomic E-state index is -4.79. The zero-order valence-electron chi connectivity index (χ0n) is 13.8. The van der Waals surface area contributed by atoms with Gasteiger partial charge in [0.15, 0.2) is 12.3 Å². The molecule has 0 unspecified atom stereocenters. The predicted molar refractivity (Wildman–Crippen MR) is 92.9 cm³/mol. The average Bonchev–Trinajstić information content (AvgIpc) is 2.98. The molecule has 1 aliphatic heterocycles. The molecule has 1 amide bonds. The van der Waals surface area contributed by atoms with E-state index in [9.17, 15) is 18.0 Å². The lowest BCUT2D eigenvalue weighted by Crippen LogP contribution is -2.25. The molecule has 1 heterocycles. The molecule has 0 saturated heterocycles. The number of nitriles is 1. The number of carbonyl (C=O) groups excluding carboxylic acids is 1. The van der Waals surface area contributed by atoms with Crippen molar-refractivity contribution < 1.29 is 22.7 Å². The van der Waals surface area contributed by atoms with Gasteiger partial charge in [-0.1, -0.05) is 30.3 Å². The van der Waals surface area contributed by atoms with Crippen LogP contribution in [0.5, 0.6) is 5.75 Å². The molecule has 0 radical (unpaired) electrons. The molecule has 0 fully saturated rings. The van der Waals surface area contributed by atoms with Gasteiger partial charge in [-0.3, -0.25) is 4.79 Å². The van der Waals surface area contributed by atoms with Crippen LogP contribution in [0.25, 0.3) is 6.08 Å². The monoisotopic (exact) mass is 371 g/mol. The number of amides is 1. The number of para-hydroxylation sites is 1. The lowest BCUT2D eigenvalue weighted by Gasteiger charge is -2.10. The summed E-state index contributed by atoms with van der Waals surface area (Å²) in [6, 6.07) is 15.8. The molecule has 27 heavy (non-hydrogen) atoms. The molecule has 8 heteroatoms. The number of hydrogen-bond acceptors (Lipinski definition) is 4. The van der Waals surface area contributed by atoms with Gasteiger partial charge in [0.1, 0.15) is 11.8 Å². The molecular formula is C19H12F3N3O2. The number of hydrogen-bond donors (Lipinski definition) is 0. The molecule has 1 aliphatic rings. The highest BCUT2D eigenvalue weighted by molar-refractivity contribution is 6.34. The minimum absolute atomic E-state index is 0.198. The molecular weight excluding hydrogens is 359 g/mol. The van der Waals surface area contributed by atoms with Crippen LogP contribution in [0.2, 0.25) is 0 Å². The van der Waals surface area contributed by atoms with E-state index in [0.717, 1.165) is 11.1 Å². The highest BCUT2D eigenvalue weighted by Crippen LogP contribution is 2.32. The van der Waals surface area contributed by atoms with E-state index in [-0.39, 0.29) is 12.3 Å². The lowest BCUT2D eigenvalue weighted by atomic mass is 10.1. The van der Waals surface area contributed by atoms with Crippen LogP contribution in [0.3, 0.4) is 0 Å². The molecule has 0 aromatic heterocycles. The Morgan fingerprint density at radius 2 is 1.89 bits per heavy atom. The topological polar surface area (TPSA) is 65.7 Å². The van der Waals surface area contributed by atoms with Crippen LogP contribution in [-0.2, 0) is 4.79 Å². The van der Waals surface area contributed by atoms with Crippen molar-refractivity contribution in [1.29, 1.82) is 5.26 Å². The Morgan fingerprint density at radius 3 is 2.56 bits per heavy atom. The van der Waals surface area contributed by atoms with Gasteiger partial charge in [0.25, 0.3) is 5.91 Å². The van der Waals surface area contributed by atoms with Gasteiger partial charge in [-0.2, -0.15) is 28.5 Å². The Morgan fingerprint density at radius 1 is 1.15 bits per heavy atom. The smallest absolute Gasteiger partial charge is 0.435 e. The van der Waals surface area contributed by atoms with Gasteiger partial charge >= 0.3 is 6.18 Å². The van der Waals surface area contributed by atoms with Gasteiger partial charge in [0.2, 0.25) is 0 Å². The Balaban J connectivity index is 2.01. The maximum Gasteiger partial charge on any atom is 0.435 e. The van der Waals surface area contributed by atoms with Crippen molar-refractivity contribution in [2.75, 3.05) is 11.6 Å². The summed E-state index contributed by atoms with van der Waals surface area (Å²) < 4.78 is 45.4. The number of alkyl halides is 3. The first-order chi connectivity index (χ1) is 12.9. The third-order valence-corrected chi connectivity index (χ3v) is 3.62. The number of nitrogens with zero attached hydrogens (tertiary/aromatic N) is 3. The van der Waals surface area contributed by atoms with Crippen molar-refractivity contribution in [2.45, 2.75) is 6.18 Å². The second kappa shape index (κ2) is 7.33. The lowest BCUT2D eigenvalue weighted by molar-refractivity contribution is -0.114. The first-order valence-electron chi connectivity index (χ1n) is 7.77. The number of benzene rings is 2. The number of halogens is 3. The van der Waals surface area contributed by atoms with Crippen LogP contribution < -0.4 is 9.75 Å². The van der Waals surface area contributed by atoms with Crippen LogP contribution in [0, 0.1) is 11.3 Å². The van der Waals surface area contributed by atoms with Crippen molar-refractivity contribution in [1.82, 2.24) is 0 Å². The van der Waals surface area contributed by atoms with E-state index < -0.39 is 23.4 Å². The van der Waals surface area contributed by atoms with Gasteiger partial charge in [0.05, 0.1) is 11.3 Å². The number of anilines is 1. The van der Waals surface area contributed by atoms with Gasteiger partial charge in [-0.15, -0.1) is 0 Å². The van der Waals surface area contributed by atoms with Crippen LogP contribution in [0.4, 0.5) is 18.9 Å². The Kier molecular flexibility index (Phi) is 4.94. The number of hydrazone groups is 1. The number of rotatable bonds is 4. The number of ether oxygens (including phenoxy) is 1. The van der Waals surface area contributed by atoms with Crippen molar-refractivity contribution >= 4 is 23.4 Å². The van der Waals surface area contributed by atoms with Crippen molar-refractivity contribution in [2.24, 2.45) is 5.10 Å². The molecule has 0 spiro atoms. The highest BCUT2D eigenvalue weighted by atomic mass is 19.4. The van der Waals surface area contributed by atoms with Crippen LogP contribution in [0.1, 0.15) is 5.56 Å². The second-order valence-electron chi connectivity index (χ2n) is 5.48. The molecule has 2 aromatic carbocycles. The van der Waals surface area contributed by atoms with E-state index in [1.165, 1.54) is 24.3 Å². The molecule has 3 rings (SSSR count). The highest BCUT2D eigenvalue weighted by Gasteiger charge is 2.46. The summed E-state index contributed by atoms with van der Waals surface area (Å²) in [6.07, 6.45) is -3.68. The minimum Gasteiger partial charge on any atom is -0.479 e. The summed E-state index contributed by atoms with van der Waals surface area (Å²) in [5, 5.41) is 12.8. The molecule has 0 bridgehead atoms. The maximum atomic E-state index is 13.4. The quantitative estimate of drug-likeness (QED) is 0.765. The van der Waals surface area contributed by atoms with Crippen molar-refractivity contribution in [3.05, 3.63) is 65.7 Å². The van der Waals surface area contributed by atoms with E-state index in [4.69, 9.17) is 10.00 Å². The fraction of sp³-hybridized carbons (Fsp3) is 0.105.